The van der Waals surface area contributed by atoms with Crippen molar-refractivity contribution in [3.8, 4) is 0 Å². The second-order valence-electron chi connectivity index (χ2n) is 6.88. The molecule has 140 valence electrons. The largest absolute Gasteiger partial charge is 0.352 e. The molecule has 1 saturated heterocycles. The Morgan fingerprint density at radius 3 is 2.81 bits per heavy atom. The number of aromatic nitrogens is 2. The first kappa shape index (κ1) is 18.1. The standard InChI is InChI=1S/C21H24N4OS/c26-21(11-18-14-27-10-9-22-18)23-12-16-5-7-17(8-6-16)13-25-15-24-19-3-1-2-4-20(19)25/h1-8,15,18,22H,9-14H2,(H,23,26). The normalized spacial score (nSPS) is 17.1. The van der Waals surface area contributed by atoms with Crippen molar-refractivity contribution in [3.05, 3.63) is 66.0 Å². The minimum atomic E-state index is 0.115. The lowest BCUT2D eigenvalue weighted by Gasteiger charge is -2.22. The number of carbonyl (C=O) groups excluding carboxylic acids is 1. The number of amides is 1. The molecule has 2 N–H and O–H groups in total. The maximum Gasteiger partial charge on any atom is 0.221 e. The zero-order chi connectivity index (χ0) is 18.5. The van der Waals surface area contributed by atoms with Crippen molar-refractivity contribution in [2.45, 2.75) is 25.6 Å². The van der Waals surface area contributed by atoms with Crippen molar-refractivity contribution < 1.29 is 4.79 Å². The zero-order valence-electron chi connectivity index (χ0n) is 15.2. The second-order valence-corrected chi connectivity index (χ2v) is 8.03. The van der Waals surface area contributed by atoms with Gasteiger partial charge in [-0.2, -0.15) is 11.8 Å². The van der Waals surface area contributed by atoms with Gasteiger partial charge in [-0.3, -0.25) is 4.79 Å². The number of thioether (sulfide) groups is 1. The highest BCUT2D eigenvalue weighted by molar-refractivity contribution is 7.99. The van der Waals surface area contributed by atoms with Crippen LogP contribution in [-0.4, -0.2) is 39.6 Å². The van der Waals surface area contributed by atoms with Gasteiger partial charge in [0, 0.05) is 43.6 Å². The highest BCUT2D eigenvalue weighted by atomic mass is 32.2. The summed E-state index contributed by atoms with van der Waals surface area (Å²) >= 11 is 1.91. The van der Waals surface area contributed by atoms with Gasteiger partial charge >= 0.3 is 0 Å². The van der Waals surface area contributed by atoms with Gasteiger partial charge in [0.05, 0.1) is 17.4 Å². The first-order chi connectivity index (χ1) is 13.3. The molecule has 2 heterocycles. The molecule has 0 bridgehead atoms. The summed E-state index contributed by atoms with van der Waals surface area (Å²) in [5.41, 5.74) is 4.50. The van der Waals surface area contributed by atoms with Crippen LogP contribution in [-0.2, 0) is 17.9 Å². The second kappa shape index (κ2) is 8.59. The molecule has 27 heavy (non-hydrogen) atoms. The van der Waals surface area contributed by atoms with Crippen LogP contribution in [0.3, 0.4) is 0 Å². The quantitative estimate of drug-likeness (QED) is 0.690. The monoisotopic (exact) mass is 380 g/mol. The molecule has 1 atom stereocenters. The van der Waals surface area contributed by atoms with E-state index in [4.69, 9.17) is 0 Å². The molecule has 1 aliphatic heterocycles. The van der Waals surface area contributed by atoms with Crippen molar-refractivity contribution in [2.24, 2.45) is 0 Å². The molecule has 0 aliphatic carbocycles. The summed E-state index contributed by atoms with van der Waals surface area (Å²) in [6, 6.07) is 16.9. The Hall–Kier alpha value is -2.31. The van der Waals surface area contributed by atoms with E-state index in [9.17, 15) is 4.79 Å². The summed E-state index contributed by atoms with van der Waals surface area (Å²) in [6.07, 6.45) is 2.44. The third kappa shape index (κ3) is 4.70. The number of fused-ring (bicyclic) bond motifs is 1. The molecule has 1 fully saturated rings. The number of nitrogens with zero attached hydrogens (tertiary/aromatic N) is 2. The van der Waals surface area contributed by atoms with Gasteiger partial charge in [0.25, 0.3) is 0 Å². The Morgan fingerprint density at radius 2 is 2.00 bits per heavy atom. The van der Waals surface area contributed by atoms with Gasteiger partial charge in [0.1, 0.15) is 0 Å². The smallest absolute Gasteiger partial charge is 0.221 e. The van der Waals surface area contributed by atoms with Crippen LogP contribution in [0.2, 0.25) is 0 Å². The van der Waals surface area contributed by atoms with E-state index < -0.39 is 0 Å². The summed E-state index contributed by atoms with van der Waals surface area (Å²) in [7, 11) is 0. The number of imidazole rings is 1. The Bertz CT molecular complexity index is 900. The van der Waals surface area contributed by atoms with Gasteiger partial charge in [-0.25, -0.2) is 4.98 Å². The Balaban J connectivity index is 1.30. The molecule has 0 radical (unpaired) electrons. The minimum absolute atomic E-state index is 0.115. The first-order valence-corrected chi connectivity index (χ1v) is 10.5. The van der Waals surface area contributed by atoms with Gasteiger partial charge in [-0.15, -0.1) is 0 Å². The average molecular weight is 381 g/mol. The predicted octanol–water partition coefficient (Wildman–Crippen LogP) is 2.80. The molecular formula is C21H24N4OS. The summed E-state index contributed by atoms with van der Waals surface area (Å²) in [5.74, 6) is 2.27. The SMILES string of the molecule is O=C(CC1CSCCN1)NCc1ccc(Cn2cnc3ccccc32)cc1. The van der Waals surface area contributed by atoms with Crippen molar-refractivity contribution in [1.29, 1.82) is 0 Å². The van der Waals surface area contributed by atoms with Gasteiger partial charge in [0.2, 0.25) is 5.91 Å². The van der Waals surface area contributed by atoms with E-state index in [0.29, 0.717) is 19.0 Å². The van der Waals surface area contributed by atoms with Crippen LogP contribution >= 0.6 is 11.8 Å². The lowest BCUT2D eigenvalue weighted by molar-refractivity contribution is -0.121. The Kier molecular flexibility index (Phi) is 5.75. The lowest BCUT2D eigenvalue weighted by atomic mass is 10.1. The van der Waals surface area contributed by atoms with E-state index in [1.165, 1.54) is 5.56 Å². The number of nitrogens with one attached hydrogen (secondary N) is 2. The fraction of sp³-hybridized carbons (Fsp3) is 0.333. The van der Waals surface area contributed by atoms with Crippen molar-refractivity contribution in [2.75, 3.05) is 18.1 Å². The third-order valence-electron chi connectivity index (χ3n) is 4.82. The van der Waals surface area contributed by atoms with E-state index >= 15 is 0 Å². The van der Waals surface area contributed by atoms with Gasteiger partial charge in [-0.1, -0.05) is 36.4 Å². The van der Waals surface area contributed by atoms with E-state index in [1.54, 1.807) is 0 Å². The molecule has 1 aromatic heterocycles. The van der Waals surface area contributed by atoms with Crippen LogP contribution < -0.4 is 10.6 Å². The van der Waals surface area contributed by atoms with Crippen LogP contribution in [0.25, 0.3) is 11.0 Å². The van der Waals surface area contributed by atoms with Crippen molar-refractivity contribution >= 4 is 28.7 Å². The highest BCUT2D eigenvalue weighted by Gasteiger charge is 2.16. The number of para-hydroxylation sites is 2. The Labute approximate surface area is 163 Å². The van der Waals surface area contributed by atoms with Crippen LogP contribution in [0.4, 0.5) is 0 Å². The summed E-state index contributed by atoms with van der Waals surface area (Å²) < 4.78 is 2.15. The van der Waals surface area contributed by atoms with Gasteiger partial charge < -0.3 is 15.2 Å². The number of carbonyl (C=O) groups is 1. The van der Waals surface area contributed by atoms with Crippen LogP contribution in [0.1, 0.15) is 17.5 Å². The highest BCUT2D eigenvalue weighted by Crippen LogP contribution is 2.15. The van der Waals surface area contributed by atoms with E-state index in [-0.39, 0.29) is 5.91 Å². The third-order valence-corrected chi connectivity index (χ3v) is 5.95. The molecule has 1 aliphatic rings. The molecular weight excluding hydrogens is 356 g/mol. The fourth-order valence-corrected chi connectivity index (χ4v) is 4.29. The van der Waals surface area contributed by atoms with E-state index in [1.807, 2.05) is 36.3 Å². The molecule has 0 spiro atoms. The summed E-state index contributed by atoms with van der Waals surface area (Å²) in [4.78, 5) is 16.6. The summed E-state index contributed by atoms with van der Waals surface area (Å²) in [5, 5.41) is 6.43. The van der Waals surface area contributed by atoms with E-state index in [2.05, 4.69) is 50.5 Å². The van der Waals surface area contributed by atoms with Gasteiger partial charge in [0.15, 0.2) is 0 Å². The average Bonchev–Trinajstić information content (AvgIpc) is 3.11. The van der Waals surface area contributed by atoms with E-state index in [0.717, 1.165) is 41.2 Å². The molecule has 5 nitrogen and oxygen atoms in total. The van der Waals surface area contributed by atoms with Crippen LogP contribution in [0.15, 0.2) is 54.9 Å². The van der Waals surface area contributed by atoms with Crippen LogP contribution in [0.5, 0.6) is 0 Å². The minimum Gasteiger partial charge on any atom is -0.352 e. The van der Waals surface area contributed by atoms with Crippen molar-refractivity contribution in [3.63, 3.8) is 0 Å². The fourth-order valence-electron chi connectivity index (χ4n) is 3.34. The topological polar surface area (TPSA) is 59.0 Å². The molecule has 1 unspecified atom stereocenters. The number of hydrogen-bond donors (Lipinski definition) is 2. The molecule has 3 aromatic rings. The molecule has 2 aromatic carbocycles. The molecule has 1 amide bonds. The molecule has 4 rings (SSSR count). The number of rotatable bonds is 6. The first-order valence-electron chi connectivity index (χ1n) is 9.33. The zero-order valence-corrected chi connectivity index (χ0v) is 16.0. The summed E-state index contributed by atoms with van der Waals surface area (Å²) in [6.45, 7) is 2.36. The predicted molar refractivity (Wildman–Crippen MR) is 111 cm³/mol. The van der Waals surface area contributed by atoms with Crippen LogP contribution in [0, 0.1) is 0 Å². The number of hydrogen-bond acceptors (Lipinski definition) is 4. The molecule has 0 saturated carbocycles. The maximum atomic E-state index is 12.1. The van der Waals surface area contributed by atoms with Gasteiger partial charge in [-0.05, 0) is 23.3 Å². The molecule has 6 heteroatoms. The Morgan fingerprint density at radius 1 is 1.19 bits per heavy atom. The lowest BCUT2D eigenvalue weighted by Crippen LogP contribution is -2.41. The number of benzene rings is 2. The van der Waals surface area contributed by atoms with Crippen molar-refractivity contribution in [1.82, 2.24) is 20.2 Å². The maximum absolute atomic E-state index is 12.1.